The lowest BCUT2D eigenvalue weighted by Gasteiger charge is -2.31. The first kappa shape index (κ1) is 15.4. The second-order valence-electron chi connectivity index (χ2n) is 5.14. The number of primary amides is 1. The highest BCUT2D eigenvalue weighted by Gasteiger charge is 2.26. The number of rotatable bonds is 3. The molecule has 0 aromatic heterocycles. The van der Waals surface area contributed by atoms with Crippen molar-refractivity contribution in [3.05, 3.63) is 35.9 Å². The quantitative estimate of drug-likeness (QED) is 0.811. The molecule has 2 amide bonds. The van der Waals surface area contributed by atoms with Gasteiger partial charge in [-0.3, -0.25) is 9.59 Å². The molecule has 1 fully saturated rings. The van der Waals surface area contributed by atoms with E-state index in [9.17, 15) is 9.59 Å². The van der Waals surface area contributed by atoms with Crippen LogP contribution in [0.3, 0.4) is 0 Å². The van der Waals surface area contributed by atoms with Crippen molar-refractivity contribution in [3.63, 3.8) is 0 Å². The largest absolute Gasteiger partial charge is 0.369 e. The van der Waals surface area contributed by atoms with Crippen LogP contribution in [0, 0.1) is 5.92 Å². The van der Waals surface area contributed by atoms with Gasteiger partial charge in [-0.2, -0.15) is 0 Å². The van der Waals surface area contributed by atoms with E-state index in [0.717, 1.165) is 5.56 Å². The van der Waals surface area contributed by atoms with Crippen molar-refractivity contribution < 1.29 is 9.59 Å². The van der Waals surface area contributed by atoms with Crippen molar-refractivity contribution in [2.24, 2.45) is 11.7 Å². The summed E-state index contributed by atoms with van der Waals surface area (Å²) in [6.45, 7) is 1.66. The molecule has 1 aromatic rings. The number of nitrogens with one attached hydrogen (secondary N) is 1. The molecule has 0 spiro atoms. The van der Waals surface area contributed by atoms with Crippen molar-refractivity contribution in [1.82, 2.24) is 10.2 Å². The summed E-state index contributed by atoms with van der Waals surface area (Å²) in [5.41, 5.74) is 6.32. The molecule has 1 aliphatic rings. The van der Waals surface area contributed by atoms with Crippen LogP contribution < -0.4 is 11.1 Å². The maximum Gasteiger partial charge on any atom is 0.279 e. The summed E-state index contributed by atoms with van der Waals surface area (Å²) in [4.78, 5) is 25.3. The van der Waals surface area contributed by atoms with Gasteiger partial charge >= 0.3 is 0 Å². The minimum Gasteiger partial charge on any atom is -0.369 e. The molecule has 5 nitrogen and oxygen atoms in total. The van der Waals surface area contributed by atoms with Crippen molar-refractivity contribution in [3.8, 4) is 0 Å². The van der Waals surface area contributed by atoms with Gasteiger partial charge in [0.2, 0.25) is 5.91 Å². The van der Waals surface area contributed by atoms with E-state index in [1.54, 1.807) is 0 Å². The van der Waals surface area contributed by atoms with E-state index in [1.807, 2.05) is 35.2 Å². The highest BCUT2D eigenvalue weighted by atomic mass is 32.1. The van der Waals surface area contributed by atoms with Crippen LogP contribution in [0.15, 0.2) is 30.3 Å². The first-order chi connectivity index (χ1) is 10.1. The number of amides is 2. The van der Waals surface area contributed by atoms with Crippen LogP contribution in [-0.4, -0.2) is 34.8 Å². The van der Waals surface area contributed by atoms with Gasteiger partial charge < -0.3 is 16.0 Å². The third-order valence-electron chi connectivity index (χ3n) is 3.67. The van der Waals surface area contributed by atoms with Gasteiger partial charge in [-0.05, 0) is 18.4 Å². The molecule has 21 heavy (non-hydrogen) atoms. The Morgan fingerprint density at radius 2 is 1.86 bits per heavy atom. The first-order valence-corrected chi connectivity index (χ1v) is 7.39. The van der Waals surface area contributed by atoms with Crippen LogP contribution in [0.5, 0.6) is 0 Å². The zero-order chi connectivity index (χ0) is 15.2. The number of hydrogen-bond acceptors (Lipinski definition) is 3. The Morgan fingerprint density at radius 1 is 1.24 bits per heavy atom. The summed E-state index contributed by atoms with van der Waals surface area (Å²) in [6, 6.07) is 9.67. The van der Waals surface area contributed by atoms with Crippen LogP contribution in [0.1, 0.15) is 18.4 Å². The van der Waals surface area contributed by atoms with Crippen LogP contribution in [0.25, 0.3) is 0 Å². The van der Waals surface area contributed by atoms with Gasteiger partial charge in [-0.15, -0.1) is 0 Å². The van der Waals surface area contributed by atoms with E-state index in [0.29, 0.717) is 32.5 Å². The minimum absolute atomic E-state index is 0.101. The van der Waals surface area contributed by atoms with Crippen molar-refractivity contribution >= 4 is 29.0 Å². The Labute approximate surface area is 129 Å². The summed E-state index contributed by atoms with van der Waals surface area (Å²) in [5.74, 6) is -0.614. The highest BCUT2D eigenvalue weighted by Crippen LogP contribution is 2.17. The molecule has 0 aliphatic carbocycles. The van der Waals surface area contributed by atoms with Gasteiger partial charge in [0.05, 0.1) is 0 Å². The number of benzene rings is 1. The van der Waals surface area contributed by atoms with Gasteiger partial charge in [0.15, 0.2) is 4.99 Å². The van der Waals surface area contributed by atoms with Crippen LogP contribution in [0.4, 0.5) is 0 Å². The molecule has 0 unspecified atom stereocenters. The van der Waals surface area contributed by atoms with Crippen LogP contribution in [0.2, 0.25) is 0 Å². The van der Waals surface area contributed by atoms with Gasteiger partial charge in [0.25, 0.3) is 5.91 Å². The number of nitrogens with zero attached hydrogens (tertiary/aromatic N) is 1. The maximum atomic E-state index is 12.0. The van der Waals surface area contributed by atoms with E-state index < -0.39 is 0 Å². The Kier molecular flexibility index (Phi) is 5.27. The van der Waals surface area contributed by atoms with Gasteiger partial charge in [0, 0.05) is 25.6 Å². The van der Waals surface area contributed by atoms with Crippen molar-refractivity contribution in [2.75, 3.05) is 13.1 Å². The van der Waals surface area contributed by atoms with E-state index in [-0.39, 0.29) is 22.7 Å². The van der Waals surface area contributed by atoms with Crippen molar-refractivity contribution in [2.45, 2.75) is 19.4 Å². The molecule has 2 rings (SSSR count). The van der Waals surface area contributed by atoms with E-state index in [1.165, 1.54) is 0 Å². The molecule has 0 radical (unpaired) electrons. The van der Waals surface area contributed by atoms with Gasteiger partial charge in [0.1, 0.15) is 0 Å². The summed E-state index contributed by atoms with van der Waals surface area (Å²) in [7, 11) is 0. The summed E-state index contributed by atoms with van der Waals surface area (Å²) >= 11 is 5.21. The first-order valence-electron chi connectivity index (χ1n) is 6.98. The topological polar surface area (TPSA) is 75.4 Å². The Hall–Kier alpha value is -1.95. The zero-order valence-corrected chi connectivity index (χ0v) is 12.6. The second kappa shape index (κ2) is 7.17. The lowest BCUT2D eigenvalue weighted by atomic mass is 9.96. The Bertz CT molecular complexity index is 525. The molecular weight excluding hydrogens is 286 g/mol. The molecule has 1 saturated heterocycles. The third kappa shape index (κ3) is 4.26. The summed E-state index contributed by atoms with van der Waals surface area (Å²) < 4.78 is 0. The lowest BCUT2D eigenvalue weighted by molar-refractivity contribution is -0.122. The molecule has 0 atom stereocenters. The lowest BCUT2D eigenvalue weighted by Crippen LogP contribution is -2.46. The smallest absolute Gasteiger partial charge is 0.279 e. The SMILES string of the molecule is NC(=O)C1CCN(C(=S)C(=O)NCc2ccccc2)CC1. The number of likely N-dealkylation sites (tertiary alicyclic amines) is 1. The number of nitrogens with two attached hydrogens (primary N) is 1. The number of thiocarbonyl (C=S) groups is 1. The normalized spacial score (nSPS) is 15.5. The molecule has 0 bridgehead atoms. The fraction of sp³-hybridized carbons (Fsp3) is 0.400. The number of hydrogen-bond donors (Lipinski definition) is 2. The molecule has 1 aliphatic heterocycles. The average Bonchev–Trinajstić information content (AvgIpc) is 2.53. The molecule has 1 heterocycles. The Balaban J connectivity index is 1.80. The second-order valence-corrected chi connectivity index (χ2v) is 5.52. The molecule has 1 aromatic carbocycles. The summed E-state index contributed by atoms with van der Waals surface area (Å²) in [6.07, 6.45) is 1.31. The predicted octanol–water partition coefficient (Wildman–Crippen LogP) is 0.827. The standard InChI is InChI=1S/C15H19N3O2S/c16-13(19)12-6-8-18(9-7-12)15(21)14(20)17-10-11-4-2-1-3-5-11/h1-5,12H,6-10H2,(H2,16,19)(H,17,20). The van der Waals surface area contributed by atoms with E-state index in [4.69, 9.17) is 18.0 Å². The molecule has 0 saturated carbocycles. The number of carbonyl (C=O) groups is 2. The monoisotopic (exact) mass is 305 g/mol. The Morgan fingerprint density at radius 3 is 2.43 bits per heavy atom. The fourth-order valence-corrected chi connectivity index (χ4v) is 2.62. The average molecular weight is 305 g/mol. The summed E-state index contributed by atoms with van der Waals surface area (Å²) in [5, 5.41) is 2.82. The molecule has 112 valence electrons. The van der Waals surface area contributed by atoms with E-state index in [2.05, 4.69) is 5.32 Å². The fourth-order valence-electron chi connectivity index (χ4n) is 2.36. The number of carbonyl (C=O) groups excluding carboxylic acids is 2. The minimum atomic E-state index is -0.269. The molecule has 3 N–H and O–H groups in total. The molecular formula is C15H19N3O2S. The highest BCUT2D eigenvalue weighted by molar-refractivity contribution is 7.82. The van der Waals surface area contributed by atoms with Crippen LogP contribution in [-0.2, 0) is 16.1 Å². The third-order valence-corrected chi connectivity index (χ3v) is 4.12. The molecule has 6 heteroatoms. The maximum absolute atomic E-state index is 12.0. The van der Waals surface area contributed by atoms with Gasteiger partial charge in [-0.25, -0.2) is 0 Å². The number of piperidine rings is 1. The predicted molar refractivity (Wildman–Crippen MR) is 84.4 cm³/mol. The van der Waals surface area contributed by atoms with Crippen molar-refractivity contribution in [1.29, 1.82) is 0 Å². The van der Waals surface area contributed by atoms with E-state index >= 15 is 0 Å². The van der Waals surface area contributed by atoms with Crippen LogP contribution >= 0.6 is 12.2 Å². The van der Waals surface area contributed by atoms with Gasteiger partial charge in [-0.1, -0.05) is 42.5 Å². The zero-order valence-electron chi connectivity index (χ0n) is 11.7.